The summed E-state index contributed by atoms with van der Waals surface area (Å²) in [6, 6.07) is 17.4. The molecule has 1 spiro atoms. The minimum Gasteiger partial charge on any atom is -0.480 e. The Bertz CT molecular complexity index is 1990. The van der Waals surface area contributed by atoms with E-state index in [0.717, 1.165) is 51.7 Å². The number of aryl methyl sites for hydroxylation is 1. The minimum atomic E-state index is -5.10. The van der Waals surface area contributed by atoms with Gasteiger partial charge in [0.2, 0.25) is 5.91 Å². The fourth-order valence-corrected chi connectivity index (χ4v) is 8.61. The molecule has 1 amide bonds. The average Bonchev–Trinajstić information content (AvgIpc) is 3.06. The summed E-state index contributed by atoms with van der Waals surface area (Å²) in [6.45, 7) is 0.879. The maximum Gasteiger partial charge on any atom is 0.403 e. The molecule has 4 aromatic rings. The molecule has 0 unspecified atom stereocenters. The highest BCUT2D eigenvalue weighted by molar-refractivity contribution is 6.05. The highest BCUT2D eigenvalue weighted by Gasteiger charge is 2.61. The van der Waals surface area contributed by atoms with Crippen LogP contribution in [0.5, 0.6) is 0 Å². The largest absolute Gasteiger partial charge is 0.480 e. The molecule has 0 bridgehead atoms. The molecule has 3 fully saturated rings. The monoisotopic (exact) mass is 740 g/mol. The first kappa shape index (κ1) is 37.1. The summed E-state index contributed by atoms with van der Waals surface area (Å²) in [6.07, 6.45) is -4.07. The zero-order valence-corrected chi connectivity index (χ0v) is 29.2. The van der Waals surface area contributed by atoms with Crippen LogP contribution >= 0.6 is 0 Å². The van der Waals surface area contributed by atoms with E-state index in [0.29, 0.717) is 16.4 Å². The van der Waals surface area contributed by atoms with Crippen molar-refractivity contribution >= 4 is 33.4 Å². The van der Waals surface area contributed by atoms with E-state index in [2.05, 4.69) is 28.4 Å². The number of aliphatic carboxylic acids is 1. The van der Waals surface area contributed by atoms with Crippen molar-refractivity contribution in [2.45, 2.75) is 69.8 Å². The number of likely N-dealkylation sites (tertiary alicyclic amines) is 2. The number of fused-ring (bicyclic) bond motifs is 2. The van der Waals surface area contributed by atoms with Crippen molar-refractivity contribution < 1.29 is 41.0 Å². The molecule has 7 nitrogen and oxygen atoms in total. The van der Waals surface area contributed by atoms with E-state index in [1.807, 2.05) is 24.3 Å². The van der Waals surface area contributed by atoms with Gasteiger partial charge >= 0.3 is 18.3 Å². The summed E-state index contributed by atoms with van der Waals surface area (Å²) in [5.41, 5.74) is 0.831. The van der Waals surface area contributed by atoms with Crippen LogP contribution in [-0.4, -0.2) is 89.4 Å². The standard InChI is InChI=1S/C40H42F6N4O3/c41-39(42,43)25-49-19-15-38(16-20-49,40(44,45)46)36(53)48-33(35(51)52)22-28-6-1-8-30-29(28)7-2-9-31(30)34-32-21-26(10-11-27(32)12-17-47-34)5-3-18-50-23-37(24-50)13-4-14-37/h1-2,6-12,17,21,33H,3-5,13-16,18-20,22-25H2,(H,48,53)(H,51,52)/t33-/m0/s1. The second-order valence-electron chi connectivity index (χ2n) is 15.2. The van der Waals surface area contributed by atoms with Gasteiger partial charge in [-0.05, 0) is 103 Å². The molecule has 1 aromatic heterocycles. The van der Waals surface area contributed by atoms with Crippen LogP contribution < -0.4 is 5.32 Å². The Morgan fingerprint density at radius 3 is 2.25 bits per heavy atom. The molecule has 2 saturated heterocycles. The van der Waals surface area contributed by atoms with Crippen LogP contribution in [0.1, 0.15) is 49.7 Å². The second-order valence-corrected chi connectivity index (χ2v) is 15.2. The number of pyridine rings is 1. The number of nitrogens with one attached hydrogen (secondary N) is 1. The maximum absolute atomic E-state index is 14.4. The van der Waals surface area contributed by atoms with E-state index >= 15 is 0 Å². The maximum atomic E-state index is 14.4. The molecule has 3 aromatic carbocycles. The molecule has 53 heavy (non-hydrogen) atoms. The van der Waals surface area contributed by atoms with Crippen LogP contribution in [-0.2, 0) is 22.4 Å². The van der Waals surface area contributed by atoms with Crippen molar-refractivity contribution in [3.8, 4) is 11.3 Å². The van der Waals surface area contributed by atoms with Crippen LogP contribution in [0.4, 0.5) is 26.3 Å². The van der Waals surface area contributed by atoms with Crippen LogP contribution in [0.3, 0.4) is 0 Å². The Hall–Kier alpha value is -4.23. The van der Waals surface area contributed by atoms with Gasteiger partial charge in [0, 0.05) is 36.7 Å². The summed E-state index contributed by atoms with van der Waals surface area (Å²) >= 11 is 0. The van der Waals surface area contributed by atoms with Crippen LogP contribution in [0.25, 0.3) is 32.8 Å². The molecule has 1 saturated carbocycles. The molecular weight excluding hydrogens is 698 g/mol. The van der Waals surface area contributed by atoms with Crippen molar-refractivity contribution in [2.24, 2.45) is 10.8 Å². The van der Waals surface area contributed by atoms with Gasteiger partial charge in [-0.2, -0.15) is 26.3 Å². The molecule has 3 heterocycles. The van der Waals surface area contributed by atoms with E-state index in [1.54, 1.807) is 24.4 Å². The SMILES string of the molecule is O=C(O)[C@H](Cc1cccc2c(-c3nccc4ccc(CCCN5CC6(CCC6)C5)cc34)cccc12)NC(=O)C1(C(F)(F)F)CCN(CC(F)(F)F)CC1. The van der Waals surface area contributed by atoms with Gasteiger partial charge in [-0.3, -0.25) is 14.7 Å². The fraction of sp³-hybridized carbons (Fsp3) is 0.475. The van der Waals surface area contributed by atoms with Crippen molar-refractivity contribution in [3.63, 3.8) is 0 Å². The van der Waals surface area contributed by atoms with E-state index < -0.39 is 68.2 Å². The first-order chi connectivity index (χ1) is 25.2. The fourth-order valence-electron chi connectivity index (χ4n) is 8.61. The van der Waals surface area contributed by atoms with Crippen molar-refractivity contribution in [2.75, 3.05) is 39.3 Å². The van der Waals surface area contributed by atoms with Gasteiger partial charge in [0.15, 0.2) is 0 Å². The van der Waals surface area contributed by atoms with Gasteiger partial charge in [0.1, 0.15) is 11.5 Å². The average molecular weight is 741 g/mol. The predicted molar refractivity (Wildman–Crippen MR) is 189 cm³/mol. The quantitative estimate of drug-likeness (QED) is 0.153. The Morgan fingerprint density at radius 2 is 1.58 bits per heavy atom. The zero-order chi connectivity index (χ0) is 37.6. The smallest absolute Gasteiger partial charge is 0.403 e. The molecule has 13 heteroatoms. The lowest BCUT2D eigenvalue weighted by Gasteiger charge is -2.56. The first-order valence-corrected chi connectivity index (χ1v) is 18.2. The number of aromatic nitrogens is 1. The van der Waals surface area contributed by atoms with Crippen molar-refractivity contribution in [1.82, 2.24) is 20.1 Å². The molecule has 282 valence electrons. The third-order valence-electron chi connectivity index (χ3n) is 11.7. The van der Waals surface area contributed by atoms with Crippen LogP contribution in [0, 0.1) is 10.8 Å². The van der Waals surface area contributed by atoms with E-state index in [1.165, 1.54) is 37.9 Å². The lowest BCUT2D eigenvalue weighted by molar-refractivity contribution is -0.236. The van der Waals surface area contributed by atoms with Crippen LogP contribution in [0.15, 0.2) is 66.9 Å². The first-order valence-electron chi connectivity index (χ1n) is 18.2. The normalized spacial score (nSPS) is 19.5. The number of hydrogen-bond donors (Lipinski definition) is 2. The molecule has 0 radical (unpaired) electrons. The number of alkyl halides is 6. The second kappa shape index (κ2) is 14.2. The Labute approximate surface area is 303 Å². The lowest BCUT2D eigenvalue weighted by atomic mass is 9.63. The number of carboxylic acid groups (broad SMARTS) is 1. The van der Waals surface area contributed by atoms with Crippen molar-refractivity contribution in [3.05, 3.63) is 78.0 Å². The predicted octanol–water partition coefficient (Wildman–Crippen LogP) is 7.79. The number of amides is 1. The van der Waals surface area contributed by atoms with Gasteiger partial charge in [-0.25, -0.2) is 4.79 Å². The van der Waals surface area contributed by atoms with E-state index in [-0.39, 0.29) is 6.42 Å². The summed E-state index contributed by atoms with van der Waals surface area (Å²) in [7, 11) is 0. The molecule has 2 aliphatic heterocycles. The van der Waals surface area contributed by atoms with Crippen molar-refractivity contribution in [1.29, 1.82) is 0 Å². The summed E-state index contributed by atoms with van der Waals surface area (Å²) in [4.78, 5) is 33.9. The zero-order valence-electron chi connectivity index (χ0n) is 29.2. The number of carboxylic acids is 1. The molecule has 1 aliphatic carbocycles. The highest BCUT2D eigenvalue weighted by Crippen LogP contribution is 2.48. The highest BCUT2D eigenvalue weighted by atomic mass is 19.4. The summed E-state index contributed by atoms with van der Waals surface area (Å²) in [5.74, 6) is -3.08. The summed E-state index contributed by atoms with van der Waals surface area (Å²) in [5, 5.41) is 15.6. The van der Waals surface area contributed by atoms with Gasteiger partial charge in [0.25, 0.3) is 0 Å². The number of rotatable bonds is 11. The summed E-state index contributed by atoms with van der Waals surface area (Å²) < 4.78 is 82.0. The lowest BCUT2D eigenvalue weighted by Crippen LogP contribution is -2.59. The minimum absolute atomic E-state index is 0.318. The molecule has 1 atom stereocenters. The number of carbonyl (C=O) groups is 2. The third-order valence-corrected chi connectivity index (χ3v) is 11.7. The molecule has 2 N–H and O–H groups in total. The third kappa shape index (κ3) is 7.60. The Morgan fingerprint density at radius 1 is 0.868 bits per heavy atom. The molecular formula is C40H42F6N4O3. The van der Waals surface area contributed by atoms with Gasteiger partial charge in [-0.1, -0.05) is 55.0 Å². The topological polar surface area (TPSA) is 85.8 Å². The Kier molecular flexibility index (Phi) is 9.94. The number of hydrogen-bond acceptors (Lipinski definition) is 5. The number of carbonyl (C=O) groups excluding carboxylic acids is 1. The van der Waals surface area contributed by atoms with E-state index in [9.17, 15) is 41.0 Å². The Balaban J connectivity index is 1.10. The van der Waals surface area contributed by atoms with Gasteiger partial charge in [0.05, 0.1) is 12.2 Å². The number of piperidine rings is 1. The van der Waals surface area contributed by atoms with E-state index in [4.69, 9.17) is 4.98 Å². The molecule has 3 aliphatic rings. The van der Waals surface area contributed by atoms with Gasteiger partial charge in [-0.15, -0.1) is 0 Å². The molecule has 7 rings (SSSR count). The number of nitrogens with zero attached hydrogens (tertiary/aromatic N) is 3. The number of halogens is 6. The van der Waals surface area contributed by atoms with Gasteiger partial charge < -0.3 is 15.3 Å². The van der Waals surface area contributed by atoms with Crippen LogP contribution in [0.2, 0.25) is 0 Å². The number of benzene rings is 3.